The van der Waals surface area contributed by atoms with Crippen LogP contribution in [0.4, 0.5) is 0 Å². The maximum absolute atomic E-state index is 5.76. The van der Waals surface area contributed by atoms with Crippen LogP contribution < -0.4 is 0 Å². The van der Waals surface area contributed by atoms with E-state index in [1.54, 1.807) is 0 Å². The molecule has 1 aliphatic rings. The Morgan fingerprint density at radius 3 is 1.89 bits per heavy atom. The van der Waals surface area contributed by atoms with E-state index in [-0.39, 0.29) is 0 Å². The van der Waals surface area contributed by atoms with Crippen LogP contribution in [0.5, 0.6) is 0 Å². The van der Waals surface area contributed by atoms with Gasteiger partial charge in [-0.25, -0.2) is 0 Å². The van der Waals surface area contributed by atoms with E-state index < -0.39 is 0 Å². The van der Waals surface area contributed by atoms with Gasteiger partial charge in [0.25, 0.3) is 0 Å². The Morgan fingerprint density at radius 2 is 1.33 bits per heavy atom. The summed E-state index contributed by atoms with van der Waals surface area (Å²) in [5.74, 6) is 0. The maximum atomic E-state index is 5.76. The highest BCUT2D eigenvalue weighted by Crippen LogP contribution is 2.13. The van der Waals surface area contributed by atoms with E-state index in [9.17, 15) is 0 Å². The van der Waals surface area contributed by atoms with Crippen molar-refractivity contribution < 1.29 is 4.74 Å². The second-order valence-corrected chi connectivity index (χ2v) is 5.99. The molecule has 0 aromatic rings. The number of unbranched alkanes of at least 4 members (excludes halogenated alkanes) is 7. The van der Waals surface area contributed by atoms with Crippen LogP contribution >= 0.6 is 0 Å². The smallest absolute Gasteiger partial charge is 0.0678 e. The molecule has 1 saturated heterocycles. The summed E-state index contributed by atoms with van der Waals surface area (Å²) >= 11 is 0. The van der Waals surface area contributed by atoms with Gasteiger partial charge in [0, 0.05) is 13.1 Å². The molecule has 2 unspecified atom stereocenters. The van der Waals surface area contributed by atoms with Gasteiger partial charge in [-0.15, -0.1) is 0 Å². The number of morpholine rings is 1. The van der Waals surface area contributed by atoms with Gasteiger partial charge in [-0.2, -0.15) is 0 Å². The minimum absolute atomic E-state index is 0.419. The average Bonchev–Trinajstić information content (AvgIpc) is 2.31. The third-order valence-electron chi connectivity index (χ3n) is 3.82. The lowest BCUT2D eigenvalue weighted by molar-refractivity contribution is -0.0681. The van der Waals surface area contributed by atoms with E-state index >= 15 is 0 Å². The summed E-state index contributed by atoms with van der Waals surface area (Å²) in [6.07, 6.45) is 12.1. The zero-order chi connectivity index (χ0) is 13.2. The normalized spacial score (nSPS) is 25.5. The van der Waals surface area contributed by atoms with Crippen molar-refractivity contribution in [1.82, 2.24) is 4.90 Å². The number of hydrogen-bond acceptors (Lipinski definition) is 2. The summed E-state index contributed by atoms with van der Waals surface area (Å²) in [6, 6.07) is 0. The fraction of sp³-hybridized carbons (Fsp3) is 1.00. The molecule has 0 radical (unpaired) electrons. The SMILES string of the molecule is CCCCCCCCCCN1CC(C)OC(C)C1. The lowest BCUT2D eigenvalue weighted by Gasteiger charge is -2.35. The largest absolute Gasteiger partial charge is 0.373 e. The number of hydrogen-bond donors (Lipinski definition) is 0. The zero-order valence-electron chi connectivity index (χ0n) is 12.8. The van der Waals surface area contributed by atoms with E-state index in [4.69, 9.17) is 4.74 Å². The first kappa shape index (κ1) is 16.0. The van der Waals surface area contributed by atoms with Crippen LogP contribution in [-0.4, -0.2) is 36.7 Å². The summed E-state index contributed by atoms with van der Waals surface area (Å²) in [6.45, 7) is 10.2. The Kier molecular flexibility index (Phi) is 8.70. The van der Waals surface area contributed by atoms with Crippen molar-refractivity contribution in [2.75, 3.05) is 19.6 Å². The van der Waals surface area contributed by atoms with Crippen molar-refractivity contribution >= 4 is 0 Å². The second-order valence-electron chi connectivity index (χ2n) is 5.99. The van der Waals surface area contributed by atoms with Gasteiger partial charge in [0.2, 0.25) is 0 Å². The average molecular weight is 255 g/mol. The Morgan fingerprint density at radius 1 is 0.833 bits per heavy atom. The summed E-state index contributed by atoms with van der Waals surface area (Å²) in [4.78, 5) is 2.58. The molecule has 1 fully saturated rings. The number of rotatable bonds is 9. The quantitative estimate of drug-likeness (QED) is 0.571. The molecule has 0 aromatic carbocycles. The van der Waals surface area contributed by atoms with Crippen molar-refractivity contribution in [3.05, 3.63) is 0 Å². The Bertz CT molecular complexity index is 186. The molecule has 2 atom stereocenters. The van der Waals surface area contributed by atoms with Crippen molar-refractivity contribution in [2.45, 2.75) is 84.3 Å². The summed E-state index contributed by atoms with van der Waals surface area (Å²) in [7, 11) is 0. The van der Waals surface area contributed by atoms with Crippen molar-refractivity contribution in [3.63, 3.8) is 0 Å². The topological polar surface area (TPSA) is 12.5 Å². The van der Waals surface area contributed by atoms with Crippen LogP contribution in [0.1, 0.15) is 72.1 Å². The third kappa shape index (κ3) is 7.38. The van der Waals surface area contributed by atoms with Crippen LogP contribution in [0.3, 0.4) is 0 Å². The minimum atomic E-state index is 0.419. The van der Waals surface area contributed by atoms with E-state index in [0.29, 0.717) is 12.2 Å². The Balaban J connectivity index is 1.91. The van der Waals surface area contributed by atoms with Gasteiger partial charge in [0.05, 0.1) is 12.2 Å². The summed E-state index contributed by atoms with van der Waals surface area (Å²) < 4.78 is 5.76. The molecular formula is C16H33NO. The Labute approximate surface area is 114 Å². The van der Waals surface area contributed by atoms with Crippen molar-refractivity contribution in [1.29, 1.82) is 0 Å². The zero-order valence-corrected chi connectivity index (χ0v) is 12.8. The molecule has 0 aromatic heterocycles. The monoisotopic (exact) mass is 255 g/mol. The molecule has 0 spiro atoms. The molecular weight excluding hydrogens is 222 g/mol. The van der Waals surface area contributed by atoms with Gasteiger partial charge < -0.3 is 4.74 Å². The summed E-state index contributed by atoms with van der Waals surface area (Å²) in [5.41, 5.74) is 0. The fourth-order valence-electron chi connectivity index (χ4n) is 2.94. The van der Waals surface area contributed by atoms with Gasteiger partial charge >= 0.3 is 0 Å². The van der Waals surface area contributed by atoms with Crippen LogP contribution in [0.25, 0.3) is 0 Å². The van der Waals surface area contributed by atoms with Crippen LogP contribution in [0.15, 0.2) is 0 Å². The van der Waals surface area contributed by atoms with Gasteiger partial charge in [-0.3, -0.25) is 4.90 Å². The first-order valence-corrected chi connectivity index (χ1v) is 8.10. The summed E-state index contributed by atoms with van der Waals surface area (Å²) in [5, 5.41) is 0. The molecule has 18 heavy (non-hydrogen) atoms. The van der Waals surface area contributed by atoms with E-state index in [0.717, 1.165) is 13.1 Å². The van der Waals surface area contributed by atoms with Crippen molar-refractivity contribution in [3.8, 4) is 0 Å². The highest BCUT2D eigenvalue weighted by Gasteiger charge is 2.21. The first-order chi connectivity index (χ1) is 8.72. The molecule has 1 aliphatic heterocycles. The van der Waals surface area contributed by atoms with Crippen LogP contribution in [0, 0.1) is 0 Å². The molecule has 0 amide bonds. The predicted octanol–water partition coefficient (Wildman–Crippen LogP) is 4.24. The maximum Gasteiger partial charge on any atom is 0.0678 e. The number of nitrogens with zero attached hydrogens (tertiary/aromatic N) is 1. The number of ether oxygens (including phenoxy) is 1. The van der Waals surface area contributed by atoms with Gasteiger partial charge in [0.15, 0.2) is 0 Å². The molecule has 108 valence electrons. The molecule has 0 aliphatic carbocycles. The second kappa shape index (κ2) is 9.80. The van der Waals surface area contributed by atoms with E-state index in [1.807, 2.05) is 0 Å². The molecule has 0 saturated carbocycles. The van der Waals surface area contributed by atoms with Gasteiger partial charge in [-0.05, 0) is 26.8 Å². The molecule has 0 bridgehead atoms. The molecule has 2 heteroatoms. The Hall–Kier alpha value is -0.0800. The minimum Gasteiger partial charge on any atom is -0.373 e. The van der Waals surface area contributed by atoms with E-state index in [2.05, 4.69) is 25.7 Å². The lowest BCUT2D eigenvalue weighted by atomic mass is 10.1. The van der Waals surface area contributed by atoms with Gasteiger partial charge in [-0.1, -0.05) is 51.9 Å². The lowest BCUT2D eigenvalue weighted by Crippen LogP contribution is -2.45. The van der Waals surface area contributed by atoms with E-state index in [1.165, 1.54) is 57.9 Å². The molecule has 2 nitrogen and oxygen atoms in total. The molecule has 1 rings (SSSR count). The standard InChI is InChI=1S/C16H33NO/c1-4-5-6-7-8-9-10-11-12-17-13-15(2)18-16(3)14-17/h15-16H,4-14H2,1-3H3. The van der Waals surface area contributed by atoms with Crippen LogP contribution in [-0.2, 0) is 4.74 Å². The third-order valence-corrected chi connectivity index (χ3v) is 3.82. The molecule has 0 N–H and O–H groups in total. The molecule has 1 heterocycles. The fourth-order valence-corrected chi connectivity index (χ4v) is 2.94. The highest BCUT2D eigenvalue weighted by atomic mass is 16.5. The van der Waals surface area contributed by atoms with Crippen molar-refractivity contribution in [2.24, 2.45) is 0 Å². The van der Waals surface area contributed by atoms with Gasteiger partial charge in [0.1, 0.15) is 0 Å². The van der Waals surface area contributed by atoms with Crippen LogP contribution in [0.2, 0.25) is 0 Å². The highest BCUT2D eigenvalue weighted by molar-refractivity contribution is 4.72. The predicted molar refractivity (Wildman–Crippen MR) is 79.1 cm³/mol. The first-order valence-electron chi connectivity index (χ1n) is 8.10.